The molecule has 3 heteroatoms. The Morgan fingerprint density at radius 1 is 1.37 bits per heavy atom. The van der Waals surface area contributed by atoms with Gasteiger partial charge in [0.15, 0.2) is 0 Å². The summed E-state index contributed by atoms with van der Waals surface area (Å²) in [5, 5.41) is 0.620. The highest BCUT2D eigenvalue weighted by atomic mass is 35.5. The molecule has 0 aliphatic heterocycles. The summed E-state index contributed by atoms with van der Waals surface area (Å²) in [7, 11) is 0. The van der Waals surface area contributed by atoms with Crippen LogP contribution in [0.15, 0.2) is 64.8 Å². The molecular formula is C16H19ClOS. The van der Waals surface area contributed by atoms with Gasteiger partial charge in [0.25, 0.3) is 0 Å². The van der Waals surface area contributed by atoms with E-state index in [1.807, 2.05) is 38.1 Å². The predicted octanol–water partition coefficient (Wildman–Crippen LogP) is 5.50. The number of halogens is 1. The number of hydrogen-bond acceptors (Lipinski definition) is 2. The molecule has 1 rings (SSSR count). The van der Waals surface area contributed by atoms with Gasteiger partial charge in [-0.1, -0.05) is 54.6 Å². The quantitative estimate of drug-likeness (QED) is 0.485. The van der Waals surface area contributed by atoms with E-state index in [0.717, 1.165) is 16.4 Å². The molecule has 0 aromatic heterocycles. The lowest BCUT2D eigenvalue weighted by atomic mass is 10.2. The van der Waals surface area contributed by atoms with Crippen molar-refractivity contribution in [2.75, 3.05) is 6.61 Å². The van der Waals surface area contributed by atoms with Crippen LogP contribution in [0.3, 0.4) is 0 Å². The first-order valence-corrected chi connectivity index (χ1v) is 7.53. The van der Waals surface area contributed by atoms with Gasteiger partial charge in [-0.05, 0) is 25.5 Å². The van der Waals surface area contributed by atoms with E-state index in [1.165, 1.54) is 5.56 Å². The molecule has 0 saturated carbocycles. The highest BCUT2D eigenvalue weighted by molar-refractivity contribution is 8.02. The third kappa shape index (κ3) is 6.04. The summed E-state index contributed by atoms with van der Waals surface area (Å²) in [6, 6.07) is 10.3. The van der Waals surface area contributed by atoms with Gasteiger partial charge in [0, 0.05) is 15.7 Å². The average Bonchev–Trinajstić information content (AvgIpc) is 2.44. The molecule has 0 heterocycles. The standard InChI is InChI=1S/C16H19ClOS/c1-4-15(17)11-16(13(3)18-5-2)19-12-14-9-7-6-8-10-14/h4,6-11H,1,5,12H2,2-3H3/b15-11+,16-13-. The summed E-state index contributed by atoms with van der Waals surface area (Å²) in [6.45, 7) is 8.25. The molecule has 0 spiro atoms. The van der Waals surface area contributed by atoms with Gasteiger partial charge in [0.1, 0.15) is 5.76 Å². The fraction of sp³-hybridized carbons (Fsp3) is 0.250. The number of ether oxygens (including phenoxy) is 1. The zero-order valence-corrected chi connectivity index (χ0v) is 12.9. The number of thioether (sulfide) groups is 1. The Morgan fingerprint density at radius 3 is 2.63 bits per heavy atom. The van der Waals surface area contributed by atoms with Crippen molar-refractivity contribution in [3.63, 3.8) is 0 Å². The Hall–Kier alpha value is -1.12. The van der Waals surface area contributed by atoms with Gasteiger partial charge in [-0.15, -0.1) is 11.8 Å². The molecule has 0 N–H and O–H groups in total. The molecule has 0 aliphatic rings. The maximum absolute atomic E-state index is 6.03. The Morgan fingerprint density at radius 2 is 2.05 bits per heavy atom. The van der Waals surface area contributed by atoms with Crippen molar-refractivity contribution in [1.82, 2.24) is 0 Å². The van der Waals surface area contributed by atoms with E-state index in [-0.39, 0.29) is 0 Å². The van der Waals surface area contributed by atoms with Crippen molar-refractivity contribution < 1.29 is 4.74 Å². The van der Waals surface area contributed by atoms with Crippen LogP contribution in [0.2, 0.25) is 0 Å². The lowest BCUT2D eigenvalue weighted by Crippen LogP contribution is -1.91. The van der Waals surface area contributed by atoms with Gasteiger partial charge < -0.3 is 4.74 Å². The van der Waals surface area contributed by atoms with Gasteiger partial charge >= 0.3 is 0 Å². The molecule has 19 heavy (non-hydrogen) atoms. The Bertz CT molecular complexity index is 463. The van der Waals surface area contributed by atoms with Crippen LogP contribution in [0.5, 0.6) is 0 Å². The van der Waals surface area contributed by atoms with Crippen LogP contribution in [0.25, 0.3) is 0 Å². The summed E-state index contributed by atoms with van der Waals surface area (Å²) < 4.78 is 5.56. The van der Waals surface area contributed by atoms with E-state index in [2.05, 4.69) is 18.7 Å². The minimum Gasteiger partial charge on any atom is -0.497 e. The molecule has 102 valence electrons. The molecule has 1 nitrogen and oxygen atoms in total. The molecule has 0 aliphatic carbocycles. The molecule has 0 atom stereocenters. The van der Waals surface area contributed by atoms with E-state index in [9.17, 15) is 0 Å². The van der Waals surface area contributed by atoms with Gasteiger partial charge in [-0.3, -0.25) is 0 Å². The summed E-state index contributed by atoms with van der Waals surface area (Å²) in [5.41, 5.74) is 1.28. The Balaban J connectivity index is 2.81. The fourth-order valence-electron chi connectivity index (χ4n) is 1.45. The minimum atomic E-state index is 0.620. The third-order valence-electron chi connectivity index (χ3n) is 2.41. The van der Waals surface area contributed by atoms with Crippen LogP contribution >= 0.6 is 23.4 Å². The molecule has 0 saturated heterocycles. The summed E-state index contributed by atoms with van der Waals surface area (Å²) >= 11 is 7.74. The van der Waals surface area contributed by atoms with E-state index in [1.54, 1.807) is 17.8 Å². The van der Waals surface area contributed by atoms with Crippen LogP contribution in [0.1, 0.15) is 19.4 Å². The number of rotatable bonds is 7. The van der Waals surface area contributed by atoms with Crippen molar-refractivity contribution in [2.24, 2.45) is 0 Å². The molecule has 0 bridgehead atoms. The van der Waals surface area contributed by atoms with Crippen LogP contribution < -0.4 is 0 Å². The first-order chi connectivity index (χ1) is 9.17. The van der Waals surface area contributed by atoms with Crippen molar-refractivity contribution >= 4 is 23.4 Å². The van der Waals surface area contributed by atoms with Crippen molar-refractivity contribution in [3.05, 3.63) is 70.3 Å². The molecule has 0 unspecified atom stereocenters. The minimum absolute atomic E-state index is 0.620. The predicted molar refractivity (Wildman–Crippen MR) is 86.2 cm³/mol. The summed E-state index contributed by atoms with van der Waals surface area (Å²) in [4.78, 5) is 1.04. The van der Waals surface area contributed by atoms with E-state index < -0.39 is 0 Å². The second kappa shape index (κ2) is 8.89. The molecule has 0 fully saturated rings. The maximum atomic E-state index is 6.03. The monoisotopic (exact) mass is 294 g/mol. The maximum Gasteiger partial charge on any atom is 0.106 e. The topological polar surface area (TPSA) is 9.23 Å². The molecule has 0 radical (unpaired) electrons. The smallest absolute Gasteiger partial charge is 0.106 e. The molecule has 1 aromatic rings. The Labute approximate surface area is 125 Å². The second-order valence-electron chi connectivity index (χ2n) is 3.86. The average molecular weight is 295 g/mol. The van der Waals surface area contributed by atoms with Crippen LogP contribution in [0.4, 0.5) is 0 Å². The largest absolute Gasteiger partial charge is 0.497 e. The van der Waals surface area contributed by atoms with Crippen molar-refractivity contribution in [2.45, 2.75) is 19.6 Å². The highest BCUT2D eigenvalue weighted by Crippen LogP contribution is 2.28. The van der Waals surface area contributed by atoms with Gasteiger partial charge in [0.2, 0.25) is 0 Å². The zero-order chi connectivity index (χ0) is 14.1. The SMILES string of the molecule is C=C/C(Cl)=C\C(SCc1ccccc1)=C(/C)OCC. The van der Waals surface area contributed by atoms with E-state index in [4.69, 9.17) is 16.3 Å². The van der Waals surface area contributed by atoms with Gasteiger partial charge in [-0.25, -0.2) is 0 Å². The summed E-state index contributed by atoms with van der Waals surface area (Å²) in [5.74, 6) is 1.78. The van der Waals surface area contributed by atoms with Gasteiger partial charge in [-0.2, -0.15) is 0 Å². The van der Waals surface area contributed by atoms with Crippen LogP contribution in [-0.4, -0.2) is 6.61 Å². The molecular weight excluding hydrogens is 276 g/mol. The van der Waals surface area contributed by atoms with Crippen LogP contribution in [0, 0.1) is 0 Å². The fourth-order valence-corrected chi connectivity index (χ4v) is 2.61. The highest BCUT2D eigenvalue weighted by Gasteiger charge is 2.04. The summed E-state index contributed by atoms with van der Waals surface area (Å²) in [6.07, 6.45) is 3.52. The first kappa shape index (κ1) is 15.9. The lowest BCUT2D eigenvalue weighted by molar-refractivity contribution is 0.231. The lowest BCUT2D eigenvalue weighted by Gasteiger charge is -2.09. The van der Waals surface area contributed by atoms with E-state index in [0.29, 0.717) is 11.6 Å². The molecule has 0 amide bonds. The van der Waals surface area contributed by atoms with Crippen LogP contribution in [-0.2, 0) is 10.5 Å². The van der Waals surface area contributed by atoms with Gasteiger partial charge in [0.05, 0.1) is 6.61 Å². The number of allylic oxidation sites excluding steroid dienone is 4. The zero-order valence-electron chi connectivity index (χ0n) is 11.4. The van der Waals surface area contributed by atoms with Crippen molar-refractivity contribution in [1.29, 1.82) is 0 Å². The van der Waals surface area contributed by atoms with Crippen molar-refractivity contribution in [3.8, 4) is 0 Å². The number of hydrogen-bond donors (Lipinski definition) is 0. The first-order valence-electron chi connectivity index (χ1n) is 6.17. The second-order valence-corrected chi connectivity index (χ2v) is 5.31. The van der Waals surface area contributed by atoms with E-state index >= 15 is 0 Å². The normalized spacial score (nSPS) is 12.9. The number of benzene rings is 1. The third-order valence-corrected chi connectivity index (χ3v) is 3.87. The molecule has 1 aromatic carbocycles. The Kier molecular flexibility index (Phi) is 7.46.